The molecule has 0 heterocycles. The molecule has 2 N–H and O–H groups in total. The van der Waals surface area contributed by atoms with Gasteiger partial charge in [0.25, 0.3) is 0 Å². The highest BCUT2D eigenvalue weighted by Crippen LogP contribution is 2.13. The van der Waals surface area contributed by atoms with Gasteiger partial charge in [-0.2, -0.15) is 0 Å². The Balaban J connectivity index is 2.14. The van der Waals surface area contributed by atoms with Crippen molar-refractivity contribution in [2.75, 3.05) is 0 Å². The summed E-state index contributed by atoms with van der Waals surface area (Å²) in [6, 6.07) is 9.41. The van der Waals surface area contributed by atoms with Crippen molar-refractivity contribution in [3.05, 3.63) is 59.7 Å². The van der Waals surface area contributed by atoms with Crippen molar-refractivity contribution in [3.63, 3.8) is 0 Å². The third-order valence-electron chi connectivity index (χ3n) is 2.51. The molecule has 0 aliphatic rings. The van der Waals surface area contributed by atoms with E-state index in [9.17, 15) is 8.78 Å². The van der Waals surface area contributed by atoms with Crippen molar-refractivity contribution in [1.29, 1.82) is 0 Å². The molecule has 0 saturated heterocycles. The Morgan fingerprint density at radius 2 is 1.63 bits per heavy atom. The van der Waals surface area contributed by atoms with E-state index in [0.717, 1.165) is 18.2 Å². The molecule has 0 amide bonds. The van der Waals surface area contributed by atoms with Gasteiger partial charge in [-0.3, -0.25) is 0 Å². The van der Waals surface area contributed by atoms with E-state index in [2.05, 4.69) is 0 Å². The molecule has 0 aliphatic heterocycles. The van der Waals surface area contributed by atoms with Crippen molar-refractivity contribution in [2.45, 2.75) is 6.61 Å². The standard InChI is InChI=1S/C13H11BF2O3/c15-10-5-9(6-11(16)7-10)8-19-13-4-2-1-3-12(13)14(17)18/h1-7,17-18H,8H2. The topological polar surface area (TPSA) is 49.7 Å². The molecule has 6 heteroatoms. The smallest absolute Gasteiger partial charge is 0.489 e. The van der Waals surface area contributed by atoms with Crippen LogP contribution in [0.4, 0.5) is 8.78 Å². The highest BCUT2D eigenvalue weighted by atomic mass is 19.1. The first-order valence-corrected chi connectivity index (χ1v) is 5.59. The average Bonchev–Trinajstić information content (AvgIpc) is 2.35. The number of rotatable bonds is 4. The van der Waals surface area contributed by atoms with Crippen LogP contribution in [-0.4, -0.2) is 17.2 Å². The monoisotopic (exact) mass is 264 g/mol. The maximum atomic E-state index is 13.0. The van der Waals surface area contributed by atoms with Crippen molar-refractivity contribution in [1.82, 2.24) is 0 Å². The van der Waals surface area contributed by atoms with Crippen molar-refractivity contribution in [2.24, 2.45) is 0 Å². The lowest BCUT2D eigenvalue weighted by Crippen LogP contribution is -2.31. The summed E-state index contributed by atoms with van der Waals surface area (Å²) in [4.78, 5) is 0. The maximum absolute atomic E-state index is 13.0. The van der Waals surface area contributed by atoms with Crippen LogP contribution in [0.25, 0.3) is 0 Å². The molecule has 2 aromatic rings. The maximum Gasteiger partial charge on any atom is 0.492 e. The fraction of sp³-hybridized carbons (Fsp3) is 0.0769. The zero-order valence-corrected chi connectivity index (χ0v) is 9.88. The SMILES string of the molecule is OB(O)c1ccccc1OCc1cc(F)cc(F)c1. The highest BCUT2D eigenvalue weighted by Gasteiger charge is 2.16. The lowest BCUT2D eigenvalue weighted by Gasteiger charge is -2.11. The molecule has 0 unspecified atom stereocenters. The summed E-state index contributed by atoms with van der Waals surface area (Å²) in [5, 5.41) is 18.3. The Bertz CT molecular complexity index is 555. The first-order chi connectivity index (χ1) is 9.06. The number of hydrogen-bond acceptors (Lipinski definition) is 3. The minimum Gasteiger partial charge on any atom is -0.489 e. The van der Waals surface area contributed by atoms with Crippen LogP contribution in [0.1, 0.15) is 5.56 Å². The largest absolute Gasteiger partial charge is 0.492 e. The third-order valence-corrected chi connectivity index (χ3v) is 2.51. The number of hydrogen-bond donors (Lipinski definition) is 2. The first-order valence-electron chi connectivity index (χ1n) is 5.59. The van der Waals surface area contributed by atoms with Crippen LogP contribution in [0.15, 0.2) is 42.5 Å². The van der Waals surface area contributed by atoms with Gasteiger partial charge in [-0.25, -0.2) is 8.78 Å². The van der Waals surface area contributed by atoms with Gasteiger partial charge in [0.05, 0.1) is 0 Å². The molecular weight excluding hydrogens is 253 g/mol. The van der Waals surface area contributed by atoms with Gasteiger partial charge in [0.15, 0.2) is 0 Å². The predicted molar refractivity (Wildman–Crippen MR) is 67.0 cm³/mol. The van der Waals surface area contributed by atoms with Gasteiger partial charge in [0, 0.05) is 11.5 Å². The summed E-state index contributed by atoms with van der Waals surface area (Å²) >= 11 is 0. The number of benzene rings is 2. The summed E-state index contributed by atoms with van der Waals surface area (Å²) in [5.74, 6) is -1.12. The van der Waals surface area contributed by atoms with Crippen LogP contribution in [-0.2, 0) is 6.61 Å². The van der Waals surface area contributed by atoms with E-state index in [-0.39, 0.29) is 17.8 Å². The molecule has 0 spiro atoms. The Morgan fingerprint density at radius 1 is 1.00 bits per heavy atom. The third kappa shape index (κ3) is 3.53. The van der Waals surface area contributed by atoms with E-state index < -0.39 is 18.8 Å². The molecule has 3 nitrogen and oxygen atoms in total. The number of halogens is 2. The summed E-state index contributed by atoms with van der Waals surface area (Å²) in [6.45, 7) is -0.0710. The van der Waals surface area contributed by atoms with E-state index in [0.29, 0.717) is 5.56 Å². The average molecular weight is 264 g/mol. The lowest BCUT2D eigenvalue weighted by molar-refractivity contribution is 0.305. The Labute approximate surface area is 109 Å². The van der Waals surface area contributed by atoms with E-state index in [4.69, 9.17) is 14.8 Å². The minimum absolute atomic E-state index is 0.0710. The Hall–Kier alpha value is -1.92. The molecule has 19 heavy (non-hydrogen) atoms. The molecule has 0 radical (unpaired) electrons. The van der Waals surface area contributed by atoms with Gasteiger partial charge < -0.3 is 14.8 Å². The van der Waals surface area contributed by atoms with Gasteiger partial charge in [0.1, 0.15) is 24.0 Å². The predicted octanol–water partition coefficient (Wildman–Crippen LogP) is 1.22. The van der Waals surface area contributed by atoms with Crippen molar-refractivity contribution >= 4 is 12.6 Å². The molecular formula is C13H11BF2O3. The second kappa shape index (κ2) is 5.82. The summed E-state index contributed by atoms with van der Waals surface area (Å²) in [6.07, 6.45) is 0. The number of para-hydroxylation sites is 1. The molecule has 0 aromatic heterocycles. The van der Waals surface area contributed by atoms with Crippen LogP contribution in [0.3, 0.4) is 0 Å². The van der Waals surface area contributed by atoms with Crippen molar-refractivity contribution < 1.29 is 23.6 Å². The van der Waals surface area contributed by atoms with E-state index >= 15 is 0 Å². The summed E-state index contributed by atoms with van der Waals surface area (Å²) in [5.41, 5.74) is 0.513. The zero-order valence-electron chi connectivity index (χ0n) is 9.88. The minimum atomic E-state index is -1.67. The zero-order chi connectivity index (χ0) is 13.8. The Kier molecular flexibility index (Phi) is 4.14. The van der Waals surface area contributed by atoms with E-state index in [1.165, 1.54) is 6.07 Å². The normalized spacial score (nSPS) is 10.3. The molecule has 2 aromatic carbocycles. The van der Waals surface area contributed by atoms with Crippen LogP contribution >= 0.6 is 0 Å². The molecule has 0 saturated carbocycles. The van der Waals surface area contributed by atoms with Crippen LogP contribution in [0, 0.1) is 11.6 Å². The summed E-state index contributed by atoms with van der Waals surface area (Å²) < 4.78 is 31.3. The van der Waals surface area contributed by atoms with Gasteiger partial charge in [-0.15, -0.1) is 0 Å². The fourth-order valence-corrected chi connectivity index (χ4v) is 1.68. The first kappa shape index (κ1) is 13.5. The molecule has 0 aliphatic carbocycles. The van der Waals surface area contributed by atoms with Gasteiger partial charge in [-0.05, 0) is 23.8 Å². The molecule has 2 rings (SSSR count). The van der Waals surface area contributed by atoms with Gasteiger partial charge in [0.2, 0.25) is 0 Å². The molecule has 0 bridgehead atoms. The van der Waals surface area contributed by atoms with E-state index in [1.54, 1.807) is 18.2 Å². The van der Waals surface area contributed by atoms with Gasteiger partial charge >= 0.3 is 7.12 Å². The molecule has 0 atom stereocenters. The van der Waals surface area contributed by atoms with Crippen LogP contribution in [0.5, 0.6) is 5.75 Å². The second-order valence-corrected chi connectivity index (χ2v) is 3.98. The fourth-order valence-electron chi connectivity index (χ4n) is 1.68. The Morgan fingerprint density at radius 3 is 2.26 bits per heavy atom. The van der Waals surface area contributed by atoms with Crippen LogP contribution < -0.4 is 10.2 Å². The van der Waals surface area contributed by atoms with Crippen molar-refractivity contribution in [3.8, 4) is 5.75 Å². The highest BCUT2D eigenvalue weighted by molar-refractivity contribution is 6.59. The number of ether oxygens (including phenoxy) is 1. The second-order valence-electron chi connectivity index (χ2n) is 3.98. The molecule has 98 valence electrons. The van der Waals surface area contributed by atoms with E-state index in [1.807, 2.05) is 0 Å². The quantitative estimate of drug-likeness (QED) is 0.816. The van der Waals surface area contributed by atoms with Gasteiger partial charge in [-0.1, -0.05) is 18.2 Å². The summed E-state index contributed by atoms with van der Waals surface area (Å²) in [7, 11) is -1.67. The molecule has 0 fully saturated rings. The van der Waals surface area contributed by atoms with Crippen LogP contribution in [0.2, 0.25) is 0 Å². The lowest BCUT2D eigenvalue weighted by atomic mass is 9.79.